The Balaban J connectivity index is 1.61. The van der Waals surface area contributed by atoms with Gasteiger partial charge in [-0.15, -0.1) is 0 Å². The zero-order valence-electron chi connectivity index (χ0n) is 12.1. The van der Waals surface area contributed by atoms with Gasteiger partial charge in [0.15, 0.2) is 0 Å². The van der Waals surface area contributed by atoms with Crippen LogP contribution in [-0.4, -0.2) is 48.2 Å². The number of rotatable bonds is 5. The van der Waals surface area contributed by atoms with Gasteiger partial charge in [-0.05, 0) is 31.6 Å². The summed E-state index contributed by atoms with van der Waals surface area (Å²) in [4.78, 5) is 24.6. The molecule has 2 rings (SSSR count). The van der Waals surface area contributed by atoms with Crippen LogP contribution in [0.5, 0.6) is 0 Å². The Morgan fingerprint density at radius 1 is 1.05 bits per heavy atom. The highest BCUT2D eigenvalue weighted by Gasteiger charge is 2.27. The van der Waals surface area contributed by atoms with Crippen LogP contribution < -0.4 is 0 Å². The van der Waals surface area contributed by atoms with Gasteiger partial charge in [-0.1, -0.05) is 19.3 Å². The SMILES string of the molecule is O=C(O)C1CCN(C(=O)COCC2CCCCC2)CC1. The largest absolute Gasteiger partial charge is 0.481 e. The average Bonchev–Trinajstić information content (AvgIpc) is 2.48. The summed E-state index contributed by atoms with van der Waals surface area (Å²) in [6.45, 7) is 1.93. The number of piperidine rings is 1. The normalized spacial score (nSPS) is 21.9. The van der Waals surface area contributed by atoms with Gasteiger partial charge in [0, 0.05) is 13.1 Å². The molecule has 0 aromatic carbocycles. The van der Waals surface area contributed by atoms with Crippen LogP contribution in [0.25, 0.3) is 0 Å². The second kappa shape index (κ2) is 7.62. The highest BCUT2D eigenvalue weighted by atomic mass is 16.5. The first kappa shape index (κ1) is 15.3. The van der Waals surface area contributed by atoms with Crippen molar-refractivity contribution in [2.75, 3.05) is 26.3 Å². The van der Waals surface area contributed by atoms with E-state index in [1.807, 2.05) is 0 Å². The predicted octanol–water partition coefficient (Wildman–Crippen LogP) is 1.91. The number of amides is 1. The summed E-state index contributed by atoms with van der Waals surface area (Å²) in [5.41, 5.74) is 0. The van der Waals surface area contributed by atoms with E-state index in [4.69, 9.17) is 9.84 Å². The Labute approximate surface area is 120 Å². The average molecular weight is 283 g/mol. The van der Waals surface area contributed by atoms with E-state index in [9.17, 15) is 9.59 Å². The Morgan fingerprint density at radius 3 is 2.30 bits per heavy atom. The highest BCUT2D eigenvalue weighted by Crippen LogP contribution is 2.23. The molecule has 0 radical (unpaired) electrons. The first-order valence-electron chi connectivity index (χ1n) is 7.75. The van der Waals surface area contributed by atoms with Gasteiger partial charge in [0.05, 0.1) is 12.5 Å². The summed E-state index contributed by atoms with van der Waals surface area (Å²) in [5.74, 6) is -0.410. The number of likely N-dealkylation sites (tertiary alicyclic amines) is 1. The van der Waals surface area contributed by atoms with Crippen molar-refractivity contribution < 1.29 is 19.4 Å². The summed E-state index contributed by atoms with van der Waals surface area (Å²) < 4.78 is 5.55. The molecule has 0 atom stereocenters. The second-order valence-electron chi connectivity index (χ2n) is 6.01. The molecule has 5 nitrogen and oxygen atoms in total. The van der Waals surface area contributed by atoms with Crippen LogP contribution in [0.3, 0.4) is 0 Å². The molecule has 5 heteroatoms. The molecular weight excluding hydrogens is 258 g/mol. The maximum absolute atomic E-state index is 12.0. The standard InChI is InChI=1S/C15H25NO4/c17-14(11-20-10-12-4-2-1-3-5-12)16-8-6-13(7-9-16)15(18)19/h12-13H,1-11H2,(H,18,19). The molecule has 1 aliphatic heterocycles. The zero-order valence-corrected chi connectivity index (χ0v) is 12.1. The minimum absolute atomic E-state index is 0.00430. The molecule has 114 valence electrons. The van der Waals surface area contributed by atoms with Crippen molar-refractivity contribution >= 4 is 11.9 Å². The molecule has 2 aliphatic rings. The molecule has 0 bridgehead atoms. The molecular formula is C15H25NO4. The third-order valence-corrected chi connectivity index (χ3v) is 4.50. The van der Waals surface area contributed by atoms with Crippen LogP contribution in [0.1, 0.15) is 44.9 Å². The molecule has 1 N–H and O–H groups in total. The third kappa shape index (κ3) is 4.47. The first-order chi connectivity index (χ1) is 9.66. The Morgan fingerprint density at radius 2 is 1.70 bits per heavy atom. The van der Waals surface area contributed by atoms with Crippen molar-refractivity contribution in [3.05, 3.63) is 0 Å². The molecule has 0 spiro atoms. The quantitative estimate of drug-likeness (QED) is 0.837. The van der Waals surface area contributed by atoms with Gasteiger partial charge in [0.25, 0.3) is 0 Å². The molecule has 1 aliphatic carbocycles. The lowest BCUT2D eigenvalue weighted by atomic mass is 9.90. The number of hydrogen-bond donors (Lipinski definition) is 1. The van der Waals surface area contributed by atoms with E-state index >= 15 is 0 Å². The molecule has 20 heavy (non-hydrogen) atoms. The first-order valence-corrected chi connectivity index (χ1v) is 7.75. The van der Waals surface area contributed by atoms with Gasteiger partial charge < -0.3 is 14.7 Å². The van der Waals surface area contributed by atoms with Crippen molar-refractivity contribution in [2.45, 2.75) is 44.9 Å². The maximum Gasteiger partial charge on any atom is 0.306 e. The summed E-state index contributed by atoms with van der Waals surface area (Å²) in [5, 5.41) is 8.92. The van der Waals surface area contributed by atoms with Crippen LogP contribution in [0.15, 0.2) is 0 Å². The summed E-state index contributed by atoms with van der Waals surface area (Å²) >= 11 is 0. The lowest BCUT2D eigenvalue weighted by Crippen LogP contribution is -2.42. The fourth-order valence-electron chi connectivity index (χ4n) is 3.13. The van der Waals surface area contributed by atoms with Gasteiger partial charge in [0.2, 0.25) is 5.91 Å². The number of carboxylic acid groups (broad SMARTS) is 1. The van der Waals surface area contributed by atoms with Crippen LogP contribution >= 0.6 is 0 Å². The van der Waals surface area contributed by atoms with E-state index in [-0.39, 0.29) is 18.4 Å². The Hall–Kier alpha value is -1.10. The van der Waals surface area contributed by atoms with E-state index < -0.39 is 5.97 Å². The van der Waals surface area contributed by atoms with E-state index in [0.29, 0.717) is 38.5 Å². The maximum atomic E-state index is 12.0. The Bertz CT molecular complexity index is 331. The van der Waals surface area contributed by atoms with E-state index in [2.05, 4.69) is 0 Å². The lowest BCUT2D eigenvalue weighted by molar-refractivity contribution is -0.147. The van der Waals surface area contributed by atoms with Crippen molar-refractivity contribution in [3.8, 4) is 0 Å². The van der Waals surface area contributed by atoms with Gasteiger partial charge >= 0.3 is 5.97 Å². The van der Waals surface area contributed by atoms with Gasteiger partial charge in [0.1, 0.15) is 6.61 Å². The van der Waals surface area contributed by atoms with Crippen molar-refractivity contribution in [3.63, 3.8) is 0 Å². The van der Waals surface area contributed by atoms with Crippen LogP contribution in [-0.2, 0) is 14.3 Å². The number of nitrogens with zero attached hydrogens (tertiary/aromatic N) is 1. The molecule has 1 saturated carbocycles. The minimum atomic E-state index is -0.745. The van der Waals surface area contributed by atoms with Crippen LogP contribution in [0, 0.1) is 11.8 Å². The van der Waals surface area contributed by atoms with Crippen molar-refractivity contribution in [1.29, 1.82) is 0 Å². The second-order valence-corrected chi connectivity index (χ2v) is 6.01. The number of carboxylic acids is 1. The topological polar surface area (TPSA) is 66.8 Å². The smallest absolute Gasteiger partial charge is 0.306 e. The lowest BCUT2D eigenvalue weighted by Gasteiger charge is -2.30. The fraction of sp³-hybridized carbons (Fsp3) is 0.867. The Kier molecular flexibility index (Phi) is 5.83. The number of aliphatic carboxylic acids is 1. The molecule has 1 saturated heterocycles. The minimum Gasteiger partial charge on any atom is -0.481 e. The molecule has 0 unspecified atom stereocenters. The van der Waals surface area contributed by atoms with Gasteiger partial charge in [-0.3, -0.25) is 9.59 Å². The van der Waals surface area contributed by atoms with Crippen molar-refractivity contribution in [1.82, 2.24) is 4.90 Å². The highest BCUT2D eigenvalue weighted by molar-refractivity contribution is 5.78. The molecule has 2 fully saturated rings. The molecule has 0 aromatic rings. The van der Waals surface area contributed by atoms with E-state index in [1.54, 1.807) is 4.90 Å². The third-order valence-electron chi connectivity index (χ3n) is 4.50. The predicted molar refractivity (Wildman–Crippen MR) is 74.3 cm³/mol. The summed E-state index contributed by atoms with van der Waals surface area (Å²) in [6.07, 6.45) is 7.45. The number of carbonyl (C=O) groups excluding carboxylic acids is 1. The van der Waals surface area contributed by atoms with E-state index in [0.717, 1.165) is 0 Å². The molecule has 1 amide bonds. The number of ether oxygens (including phenoxy) is 1. The number of hydrogen-bond acceptors (Lipinski definition) is 3. The van der Waals surface area contributed by atoms with Crippen LogP contribution in [0.4, 0.5) is 0 Å². The van der Waals surface area contributed by atoms with Crippen LogP contribution in [0.2, 0.25) is 0 Å². The number of carbonyl (C=O) groups is 2. The van der Waals surface area contributed by atoms with Gasteiger partial charge in [-0.2, -0.15) is 0 Å². The monoisotopic (exact) mass is 283 g/mol. The fourth-order valence-corrected chi connectivity index (χ4v) is 3.13. The van der Waals surface area contributed by atoms with Gasteiger partial charge in [-0.25, -0.2) is 0 Å². The summed E-state index contributed by atoms with van der Waals surface area (Å²) in [7, 11) is 0. The van der Waals surface area contributed by atoms with E-state index in [1.165, 1.54) is 32.1 Å². The van der Waals surface area contributed by atoms with Crippen molar-refractivity contribution in [2.24, 2.45) is 11.8 Å². The summed E-state index contributed by atoms with van der Waals surface area (Å²) in [6, 6.07) is 0. The molecule has 1 heterocycles. The molecule has 0 aromatic heterocycles. The zero-order chi connectivity index (χ0) is 14.4.